The van der Waals surface area contributed by atoms with Gasteiger partial charge in [0, 0.05) is 17.1 Å². The maximum absolute atomic E-state index is 12.1. The molecule has 0 spiro atoms. The Balaban J connectivity index is 1.40. The van der Waals surface area contributed by atoms with E-state index in [1.54, 1.807) is 35.6 Å². The molecular weight excluding hydrogens is 416 g/mol. The number of hydrogen-bond donors (Lipinski definition) is 2. The van der Waals surface area contributed by atoms with Gasteiger partial charge in [-0.15, -0.1) is 21.5 Å². The molecule has 0 aliphatic heterocycles. The van der Waals surface area contributed by atoms with Gasteiger partial charge in [0.1, 0.15) is 0 Å². The summed E-state index contributed by atoms with van der Waals surface area (Å²) in [6.45, 7) is 0.794. The fourth-order valence-corrected chi connectivity index (χ4v) is 4.51. The molecule has 0 saturated heterocycles. The molecule has 0 unspecified atom stereocenters. The van der Waals surface area contributed by atoms with Gasteiger partial charge in [-0.1, -0.05) is 29.2 Å². The second-order valence-electron chi connectivity index (χ2n) is 5.54. The van der Waals surface area contributed by atoms with Crippen molar-refractivity contribution in [3.05, 3.63) is 52.2 Å². The number of methoxy groups -OCH3 is 1. The molecule has 7 nitrogen and oxygen atoms in total. The summed E-state index contributed by atoms with van der Waals surface area (Å²) in [7, 11) is 1.33. The number of nitrogens with zero attached hydrogens (tertiary/aromatic N) is 2. The lowest BCUT2D eigenvalue weighted by molar-refractivity contribution is -0.113. The summed E-state index contributed by atoms with van der Waals surface area (Å²) in [5.74, 6) is -0.342. The van der Waals surface area contributed by atoms with E-state index in [9.17, 15) is 9.59 Å². The standard InChI is InChI=1S/C18H18N4O3S3/c1-25-16(24)12-4-6-13(7-5-12)20-15(23)11-27-18-22-21-17(28-18)19-9-8-14-3-2-10-26-14/h2-7,10H,8-9,11H2,1H3,(H,19,21)(H,20,23). The number of nitrogens with one attached hydrogen (secondary N) is 2. The van der Waals surface area contributed by atoms with Crippen LogP contribution in [-0.4, -0.2) is 41.5 Å². The van der Waals surface area contributed by atoms with Gasteiger partial charge in [0.2, 0.25) is 11.0 Å². The van der Waals surface area contributed by atoms with Crippen molar-refractivity contribution < 1.29 is 14.3 Å². The van der Waals surface area contributed by atoms with Crippen LogP contribution in [0.5, 0.6) is 0 Å². The molecule has 0 fully saturated rings. The number of ether oxygens (including phenoxy) is 1. The van der Waals surface area contributed by atoms with Gasteiger partial charge >= 0.3 is 5.97 Å². The predicted molar refractivity (Wildman–Crippen MR) is 114 cm³/mol. The van der Waals surface area contributed by atoms with Crippen molar-refractivity contribution in [2.75, 3.05) is 30.0 Å². The minimum atomic E-state index is -0.412. The minimum Gasteiger partial charge on any atom is -0.465 e. The smallest absolute Gasteiger partial charge is 0.337 e. The fourth-order valence-electron chi connectivity index (χ4n) is 2.22. The van der Waals surface area contributed by atoms with E-state index in [-0.39, 0.29) is 11.7 Å². The first-order valence-corrected chi connectivity index (χ1v) is 11.0. The molecular formula is C18H18N4O3S3. The maximum Gasteiger partial charge on any atom is 0.337 e. The Kier molecular flexibility index (Phi) is 7.40. The van der Waals surface area contributed by atoms with Crippen LogP contribution in [0.3, 0.4) is 0 Å². The van der Waals surface area contributed by atoms with Gasteiger partial charge in [0.25, 0.3) is 0 Å². The van der Waals surface area contributed by atoms with Crippen LogP contribution in [0.4, 0.5) is 10.8 Å². The molecule has 2 aromatic heterocycles. The number of carbonyl (C=O) groups is 2. The van der Waals surface area contributed by atoms with Crippen molar-refractivity contribution >= 4 is 57.1 Å². The average molecular weight is 435 g/mol. The number of thioether (sulfide) groups is 1. The Morgan fingerprint density at radius 1 is 1.18 bits per heavy atom. The summed E-state index contributed by atoms with van der Waals surface area (Å²) in [5.41, 5.74) is 1.05. The quantitative estimate of drug-likeness (QED) is 0.391. The lowest BCUT2D eigenvalue weighted by atomic mass is 10.2. The highest BCUT2D eigenvalue weighted by molar-refractivity contribution is 8.01. The molecule has 2 N–H and O–H groups in total. The minimum absolute atomic E-state index is 0.154. The van der Waals surface area contributed by atoms with E-state index in [1.165, 1.54) is 35.1 Å². The number of amides is 1. The van der Waals surface area contributed by atoms with Crippen LogP contribution in [0.15, 0.2) is 46.1 Å². The van der Waals surface area contributed by atoms with Crippen LogP contribution < -0.4 is 10.6 Å². The molecule has 0 saturated carbocycles. The Labute approximate surface area is 174 Å². The summed E-state index contributed by atoms with van der Waals surface area (Å²) in [5, 5.41) is 17.0. The van der Waals surface area contributed by atoms with E-state index in [0.29, 0.717) is 11.3 Å². The second kappa shape index (κ2) is 10.2. The molecule has 1 aromatic carbocycles. The van der Waals surface area contributed by atoms with Gasteiger partial charge < -0.3 is 15.4 Å². The Morgan fingerprint density at radius 3 is 2.71 bits per heavy atom. The lowest BCUT2D eigenvalue weighted by Gasteiger charge is -2.05. The zero-order valence-corrected chi connectivity index (χ0v) is 17.5. The summed E-state index contributed by atoms with van der Waals surface area (Å²) < 4.78 is 5.38. The maximum atomic E-state index is 12.1. The number of esters is 1. The van der Waals surface area contributed by atoms with E-state index in [2.05, 4.69) is 37.0 Å². The van der Waals surface area contributed by atoms with Crippen molar-refractivity contribution in [2.24, 2.45) is 0 Å². The topological polar surface area (TPSA) is 93.2 Å². The molecule has 0 bridgehead atoms. The highest BCUT2D eigenvalue weighted by atomic mass is 32.2. The molecule has 10 heteroatoms. The van der Waals surface area contributed by atoms with Gasteiger partial charge in [0.15, 0.2) is 4.34 Å². The third kappa shape index (κ3) is 6.04. The zero-order chi connectivity index (χ0) is 19.8. The summed E-state index contributed by atoms with van der Waals surface area (Å²) in [6.07, 6.45) is 0.941. The first kappa shape index (κ1) is 20.3. The van der Waals surface area contributed by atoms with E-state index in [0.717, 1.165) is 22.4 Å². The van der Waals surface area contributed by atoms with Gasteiger partial charge in [-0.25, -0.2) is 4.79 Å². The van der Waals surface area contributed by atoms with E-state index in [4.69, 9.17) is 0 Å². The zero-order valence-electron chi connectivity index (χ0n) is 15.0. The van der Waals surface area contributed by atoms with Crippen LogP contribution in [0, 0.1) is 0 Å². The molecule has 146 valence electrons. The fraction of sp³-hybridized carbons (Fsp3) is 0.222. The van der Waals surface area contributed by atoms with Crippen molar-refractivity contribution in [1.29, 1.82) is 0 Å². The Hall–Kier alpha value is -2.43. The molecule has 1 amide bonds. The normalized spacial score (nSPS) is 10.5. The average Bonchev–Trinajstić information content (AvgIpc) is 3.38. The molecule has 0 aliphatic carbocycles. The number of thiophene rings is 1. The van der Waals surface area contributed by atoms with E-state index in [1.807, 2.05) is 6.07 Å². The van der Waals surface area contributed by atoms with Crippen LogP contribution in [0.2, 0.25) is 0 Å². The van der Waals surface area contributed by atoms with Gasteiger partial charge in [-0.05, 0) is 42.1 Å². The first-order chi connectivity index (χ1) is 13.6. The van der Waals surface area contributed by atoms with Crippen LogP contribution in [0.1, 0.15) is 15.2 Å². The largest absolute Gasteiger partial charge is 0.465 e. The molecule has 0 aliphatic rings. The summed E-state index contributed by atoms with van der Waals surface area (Å²) in [6, 6.07) is 10.7. The number of anilines is 2. The third-order valence-corrected chi connectivity index (χ3v) is 6.50. The van der Waals surface area contributed by atoms with E-state index >= 15 is 0 Å². The summed E-state index contributed by atoms with van der Waals surface area (Å²) >= 11 is 4.49. The van der Waals surface area contributed by atoms with Gasteiger partial charge in [-0.2, -0.15) is 0 Å². The highest BCUT2D eigenvalue weighted by Crippen LogP contribution is 2.25. The van der Waals surface area contributed by atoms with Crippen LogP contribution in [0.25, 0.3) is 0 Å². The molecule has 0 atom stereocenters. The Bertz CT molecular complexity index is 911. The van der Waals surface area contributed by atoms with Gasteiger partial charge in [-0.3, -0.25) is 4.79 Å². The summed E-state index contributed by atoms with van der Waals surface area (Å²) in [4.78, 5) is 24.8. The molecule has 0 radical (unpaired) electrons. The Morgan fingerprint density at radius 2 is 2.00 bits per heavy atom. The number of carbonyl (C=O) groups excluding carboxylic acids is 2. The molecule has 3 rings (SSSR count). The van der Waals surface area contributed by atoms with Crippen molar-refractivity contribution in [3.63, 3.8) is 0 Å². The van der Waals surface area contributed by atoms with Gasteiger partial charge in [0.05, 0.1) is 18.4 Å². The van der Waals surface area contributed by atoms with Crippen LogP contribution in [-0.2, 0) is 16.0 Å². The van der Waals surface area contributed by atoms with Crippen molar-refractivity contribution in [1.82, 2.24) is 10.2 Å². The third-order valence-electron chi connectivity index (χ3n) is 3.55. The molecule has 2 heterocycles. The molecule has 28 heavy (non-hydrogen) atoms. The predicted octanol–water partition coefficient (Wildman–Crippen LogP) is 3.77. The van der Waals surface area contributed by atoms with Crippen molar-refractivity contribution in [2.45, 2.75) is 10.8 Å². The molecule has 3 aromatic rings. The van der Waals surface area contributed by atoms with Crippen LogP contribution >= 0.6 is 34.4 Å². The highest BCUT2D eigenvalue weighted by Gasteiger charge is 2.10. The number of aromatic nitrogens is 2. The lowest BCUT2D eigenvalue weighted by Crippen LogP contribution is -2.14. The number of rotatable bonds is 9. The number of hydrogen-bond acceptors (Lipinski definition) is 9. The second-order valence-corrected chi connectivity index (χ2v) is 8.77. The van der Waals surface area contributed by atoms with E-state index < -0.39 is 5.97 Å². The monoisotopic (exact) mass is 434 g/mol. The first-order valence-electron chi connectivity index (χ1n) is 8.35. The van der Waals surface area contributed by atoms with Crippen molar-refractivity contribution in [3.8, 4) is 0 Å². The number of benzene rings is 1. The SMILES string of the molecule is COC(=O)c1ccc(NC(=O)CSc2nnc(NCCc3cccs3)s2)cc1.